The predicted octanol–water partition coefficient (Wildman–Crippen LogP) is 5.01. The van der Waals surface area contributed by atoms with Crippen molar-refractivity contribution in [2.75, 3.05) is 18.5 Å². The van der Waals surface area contributed by atoms with Gasteiger partial charge in [-0.15, -0.1) is 11.3 Å². The maximum Gasteiger partial charge on any atom is 0.266 e. The zero-order valence-corrected chi connectivity index (χ0v) is 20.1. The van der Waals surface area contributed by atoms with Gasteiger partial charge in [0.05, 0.1) is 24.0 Å². The summed E-state index contributed by atoms with van der Waals surface area (Å²) in [6.07, 6.45) is 1.66. The van der Waals surface area contributed by atoms with E-state index >= 15 is 0 Å². The smallest absolute Gasteiger partial charge is 0.266 e. The molecule has 2 aromatic heterocycles. The van der Waals surface area contributed by atoms with E-state index in [9.17, 15) is 14.7 Å². The molecular formula is C27H27N3O3S. The number of benzene rings is 2. The number of hydrogen-bond donors (Lipinski definition) is 2. The van der Waals surface area contributed by atoms with Crippen molar-refractivity contribution in [3.8, 4) is 5.69 Å². The first kappa shape index (κ1) is 22.4. The number of carbonyl (C=O) groups excluding carboxylic acids is 1. The molecule has 2 N–H and O–H groups in total. The van der Waals surface area contributed by atoms with Crippen LogP contribution in [-0.4, -0.2) is 39.7 Å². The highest BCUT2D eigenvalue weighted by molar-refractivity contribution is 7.21. The number of carbonyl (C=O) groups is 1. The van der Waals surface area contributed by atoms with Crippen LogP contribution in [-0.2, 0) is 0 Å². The van der Waals surface area contributed by atoms with Gasteiger partial charge in [-0.25, -0.2) is 0 Å². The molecule has 1 aliphatic heterocycles. The Morgan fingerprint density at radius 2 is 1.85 bits per heavy atom. The van der Waals surface area contributed by atoms with E-state index in [1.54, 1.807) is 21.6 Å². The summed E-state index contributed by atoms with van der Waals surface area (Å²) in [6.45, 7) is 4.58. The summed E-state index contributed by atoms with van der Waals surface area (Å²) in [5.41, 5.74) is 4.36. The number of nitrogens with zero attached hydrogens (tertiary/aromatic N) is 2. The van der Waals surface area contributed by atoms with Crippen LogP contribution in [0.15, 0.2) is 65.5 Å². The first-order valence-corrected chi connectivity index (χ1v) is 12.3. The molecule has 174 valence electrons. The molecule has 34 heavy (non-hydrogen) atoms. The van der Waals surface area contributed by atoms with Crippen molar-refractivity contribution < 1.29 is 9.90 Å². The average Bonchev–Trinajstić information content (AvgIpc) is 3.43. The van der Waals surface area contributed by atoms with Gasteiger partial charge in [0.25, 0.3) is 11.5 Å². The van der Waals surface area contributed by atoms with Gasteiger partial charge in [0.2, 0.25) is 0 Å². The third-order valence-electron chi connectivity index (χ3n) is 6.33. The number of thiophene rings is 1. The quantitative estimate of drug-likeness (QED) is 0.427. The number of pyridine rings is 1. The maximum atomic E-state index is 13.7. The van der Waals surface area contributed by atoms with Gasteiger partial charge >= 0.3 is 0 Å². The average molecular weight is 474 g/mol. The van der Waals surface area contributed by atoms with Crippen LogP contribution in [0.3, 0.4) is 0 Å². The standard InChI is InChI=1S/C27H27N3O3S/c1-17-6-3-8-19(14-17)28-24-22-11-12-23(32)30(20-9-4-7-18(2)15-20)27(22)34-25(24)26(33)29-13-5-10-21(29)16-31/h3-4,6-9,11-12,14-15,21,28,31H,5,10,13,16H2,1-2H3/t21-/m1/s1. The highest BCUT2D eigenvalue weighted by Crippen LogP contribution is 2.39. The van der Waals surface area contributed by atoms with E-state index < -0.39 is 0 Å². The maximum absolute atomic E-state index is 13.7. The third kappa shape index (κ3) is 4.02. The van der Waals surface area contributed by atoms with Crippen molar-refractivity contribution in [2.24, 2.45) is 0 Å². The van der Waals surface area contributed by atoms with E-state index in [4.69, 9.17) is 0 Å². The number of fused-ring (bicyclic) bond motifs is 1. The van der Waals surface area contributed by atoms with Crippen molar-refractivity contribution in [1.29, 1.82) is 0 Å². The van der Waals surface area contributed by atoms with E-state index in [0.29, 0.717) is 17.1 Å². The Morgan fingerprint density at radius 1 is 1.09 bits per heavy atom. The molecule has 0 bridgehead atoms. The highest BCUT2D eigenvalue weighted by atomic mass is 32.1. The number of hydrogen-bond acceptors (Lipinski definition) is 5. The lowest BCUT2D eigenvalue weighted by Gasteiger charge is -2.23. The Hall–Kier alpha value is -3.42. The summed E-state index contributed by atoms with van der Waals surface area (Å²) in [5.74, 6) is -0.115. The molecule has 1 amide bonds. The summed E-state index contributed by atoms with van der Waals surface area (Å²) < 4.78 is 1.68. The van der Waals surface area contributed by atoms with Crippen LogP contribution in [0.2, 0.25) is 0 Å². The molecule has 0 aliphatic carbocycles. The van der Waals surface area contributed by atoms with E-state index in [2.05, 4.69) is 5.32 Å². The SMILES string of the molecule is Cc1cccc(Nc2c(C(=O)N3CCC[C@@H]3CO)sc3c2ccc(=O)n3-c2cccc(C)c2)c1. The summed E-state index contributed by atoms with van der Waals surface area (Å²) in [6, 6.07) is 19.0. The Morgan fingerprint density at radius 3 is 2.59 bits per heavy atom. The zero-order chi connectivity index (χ0) is 23.8. The molecule has 0 saturated carbocycles. The fourth-order valence-electron chi connectivity index (χ4n) is 4.66. The summed E-state index contributed by atoms with van der Waals surface area (Å²) in [4.78, 5) is 29.8. The van der Waals surface area contributed by atoms with Gasteiger partial charge in [-0.05, 0) is 68.1 Å². The first-order chi connectivity index (χ1) is 16.5. The lowest BCUT2D eigenvalue weighted by molar-refractivity contribution is 0.0683. The van der Waals surface area contributed by atoms with Gasteiger partial charge < -0.3 is 15.3 Å². The molecule has 4 aromatic rings. The molecule has 7 heteroatoms. The number of likely N-dealkylation sites (tertiary alicyclic amines) is 1. The van der Waals surface area contributed by atoms with Crippen LogP contribution >= 0.6 is 11.3 Å². The van der Waals surface area contributed by atoms with Crippen LogP contribution in [0, 0.1) is 13.8 Å². The minimum atomic E-state index is -0.177. The Balaban J connectivity index is 1.73. The molecule has 3 heterocycles. The molecular weight excluding hydrogens is 446 g/mol. The van der Waals surface area contributed by atoms with Crippen molar-refractivity contribution >= 4 is 38.8 Å². The van der Waals surface area contributed by atoms with Gasteiger partial charge in [-0.1, -0.05) is 24.3 Å². The third-order valence-corrected chi connectivity index (χ3v) is 7.51. The first-order valence-electron chi connectivity index (χ1n) is 11.5. The van der Waals surface area contributed by atoms with Gasteiger partial charge in [0.1, 0.15) is 9.71 Å². The number of aliphatic hydroxyl groups excluding tert-OH is 1. The van der Waals surface area contributed by atoms with Crippen molar-refractivity contribution in [3.63, 3.8) is 0 Å². The van der Waals surface area contributed by atoms with Crippen LogP contribution < -0.4 is 10.9 Å². The monoisotopic (exact) mass is 473 g/mol. The molecule has 2 aromatic carbocycles. The van der Waals surface area contributed by atoms with Crippen molar-refractivity contribution in [3.05, 3.63) is 87.0 Å². The fourth-order valence-corrected chi connectivity index (χ4v) is 5.89. The minimum absolute atomic E-state index is 0.0503. The van der Waals surface area contributed by atoms with E-state index in [1.807, 2.05) is 62.4 Å². The van der Waals surface area contributed by atoms with Gasteiger partial charge in [-0.3, -0.25) is 14.2 Å². The number of aryl methyl sites for hydroxylation is 2. The van der Waals surface area contributed by atoms with E-state index in [0.717, 1.165) is 45.6 Å². The number of rotatable bonds is 5. The molecule has 6 nitrogen and oxygen atoms in total. The molecule has 0 unspecified atom stereocenters. The topological polar surface area (TPSA) is 74.6 Å². The number of amides is 1. The number of aromatic nitrogens is 1. The van der Waals surface area contributed by atoms with E-state index in [-0.39, 0.29) is 24.1 Å². The normalized spacial score (nSPS) is 15.7. The van der Waals surface area contributed by atoms with Crippen molar-refractivity contribution in [1.82, 2.24) is 9.47 Å². The number of nitrogens with one attached hydrogen (secondary N) is 1. The van der Waals surface area contributed by atoms with Crippen LogP contribution in [0.4, 0.5) is 11.4 Å². The zero-order valence-electron chi connectivity index (χ0n) is 19.2. The van der Waals surface area contributed by atoms with Crippen molar-refractivity contribution in [2.45, 2.75) is 32.7 Å². The second-order valence-electron chi connectivity index (χ2n) is 8.84. The van der Waals surface area contributed by atoms with E-state index in [1.165, 1.54) is 11.3 Å². The minimum Gasteiger partial charge on any atom is -0.394 e. The largest absolute Gasteiger partial charge is 0.394 e. The van der Waals surface area contributed by atoms with Gasteiger partial charge in [-0.2, -0.15) is 0 Å². The second kappa shape index (κ2) is 9.08. The molecule has 0 radical (unpaired) electrons. The Labute approximate surface area is 202 Å². The lowest BCUT2D eigenvalue weighted by atomic mass is 10.1. The molecule has 1 saturated heterocycles. The van der Waals surface area contributed by atoms with Gasteiger partial charge in [0.15, 0.2) is 0 Å². The summed E-state index contributed by atoms with van der Waals surface area (Å²) in [5, 5.41) is 14.1. The molecule has 5 rings (SSSR count). The number of aliphatic hydroxyl groups is 1. The Bertz CT molecular complexity index is 1440. The van der Waals surface area contributed by atoms with Gasteiger partial charge in [0, 0.05) is 23.7 Å². The van der Waals surface area contributed by atoms with Crippen LogP contribution in [0.1, 0.15) is 33.6 Å². The molecule has 1 fully saturated rings. The molecule has 1 atom stereocenters. The fraction of sp³-hybridized carbons (Fsp3) is 0.259. The lowest BCUT2D eigenvalue weighted by Crippen LogP contribution is -2.37. The second-order valence-corrected chi connectivity index (χ2v) is 9.84. The molecule has 0 spiro atoms. The number of anilines is 2. The summed E-state index contributed by atoms with van der Waals surface area (Å²) in [7, 11) is 0. The summed E-state index contributed by atoms with van der Waals surface area (Å²) >= 11 is 1.32. The highest BCUT2D eigenvalue weighted by Gasteiger charge is 2.32. The Kier molecular flexibility index (Phi) is 5.98. The predicted molar refractivity (Wildman–Crippen MR) is 138 cm³/mol. The molecule has 1 aliphatic rings. The van der Waals surface area contributed by atoms with Crippen LogP contribution in [0.5, 0.6) is 0 Å². The van der Waals surface area contributed by atoms with Crippen LogP contribution in [0.25, 0.3) is 15.9 Å².